The van der Waals surface area contributed by atoms with E-state index < -0.39 is 6.09 Å². The van der Waals surface area contributed by atoms with Crippen LogP contribution in [0.4, 0.5) is 10.5 Å². The van der Waals surface area contributed by atoms with Crippen molar-refractivity contribution < 1.29 is 14.4 Å². The van der Waals surface area contributed by atoms with Gasteiger partial charge in [-0.25, -0.2) is 4.79 Å². The zero-order valence-electron chi connectivity index (χ0n) is 11.6. The molecule has 0 aliphatic rings. The van der Waals surface area contributed by atoms with Crippen LogP contribution in [0.1, 0.15) is 11.1 Å². The molecule has 0 fully saturated rings. The molecule has 0 unspecified atom stereocenters. The number of carbonyl (C=O) groups excluding carboxylic acids is 1. The monoisotopic (exact) mass is 271 g/mol. The summed E-state index contributed by atoms with van der Waals surface area (Å²) in [4.78, 5) is 17.2. The molecule has 0 atom stereocenters. The molecule has 4 heteroatoms. The largest absolute Gasteiger partial charge is 0.443 e. The lowest BCUT2D eigenvalue weighted by molar-refractivity contribution is 0.0952. The van der Waals surface area contributed by atoms with Crippen LogP contribution in [-0.2, 0) is 16.2 Å². The molecule has 0 heterocycles. The van der Waals surface area contributed by atoms with E-state index in [0.717, 1.165) is 16.2 Å². The molecule has 104 valence electrons. The Labute approximate surface area is 118 Å². The summed E-state index contributed by atoms with van der Waals surface area (Å²) >= 11 is 0. The minimum Gasteiger partial charge on any atom is -0.443 e. The highest BCUT2D eigenvalue weighted by Crippen LogP contribution is 2.20. The third kappa shape index (κ3) is 3.36. The van der Waals surface area contributed by atoms with E-state index in [9.17, 15) is 4.79 Å². The molecule has 0 spiro atoms. The number of hydroxylamine groups is 1. The predicted molar refractivity (Wildman–Crippen MR) is 77.3 cm³/mol. The molecule has 1 amide bonds. The second kappa shape index (κ2) is 6.73. The first-order valence-electron chi connectivity index (χ1n) is 6.33. The molecule has 0 bridgehead atoms. The lowest BCUT2D eigenvalue weighted by atomic mass is 10.2. The Balaban J connectivity index is 2.05. The maximum atomic E-state index is 12.1. The number of aryl methyl sites for hydroxylation is 1. The van der Waals surface area contributed by atoms with E-state index in [1.54, 1.807) is 0 Å². The van der Waals surface area contributed by atoms with Crippen LogP contribution in [0.25, 0.3) is 0 Å². The smallest absolute Gasteiger partial charge is 0.439 e. The molecule has 0 aliphatic heterocycles. The second-order valence-corrected chi connectivity index (χ2v) is 4.30. The number of amides is 1. The Hall–Kier alpha value is -2.33. The van der Waals surface area contributed by atoms with E-state index in [4.69, 9.17) is 9.57 Å². The van der Waals surface area contributed by atoms with Gasteiger partial charge in [0.2, 0.25) is 0 Å². The van der Waals surface area contributed by atoms with E-state index in [-0.39, 0.29) is 6.61 Å². The molecule has 0 N–H and O–H groups in total. The van der Waals surface area contributed by atoms with Gasteiger partial charge < -0.3 is 4.74 Å². The van der Waals surface area contributed by atoms with E-state index >= 15 is 0 Å². The molecule has 2 aromatic carbocycles. The molecular formula is C16H17NO3. The van der Waals surface area contributed by atoms with Crippen molar-refractivity contribution in [3.8, 4) is 0 Å². The quantitative estimate of drug-likeness (QED) is 0.796. The third-order valence-electron chi connectivity index (χ3n) is 2.89. The number of ether oxygens (including phenoxy) is 1. The van der Waals surface area contributed by atoms with E-state index in [1.807, 2.05) is 61.5 Å². The zero-order valence-corrected chi connectivity index (χ0v) is 11.6. The average Bonchev–Trinajstić information content (AvgIpc) is 2.49. The Morgan fingerprint density at radius 2 is 1.70 bits per heavy atom. The maximum Gasteiger partial charge on any atom is 0.439 e. The van der Waals surface area contributed by atoms with Crippen LogP contribution < -0.4 is 5.06 Å². The van der Waals surface area contributed by atoms with Crippen molar-refractivity contribution in [1.29, 1.82) is 0 Å². The lowest BCUT2D eigenvalue weighted by Gasteiger charge is -2.20. The van der Waals surface area contributed by atoms with Gasteiger partial charge in [0.15, 0.2) is 0 Å². The predicted octanol–water partition coefficient (Wildman–Crippen LogP) is 3.70. The van der Waals surface area contributed by atoms with E-state index in [0.29, 0.717) is 5.69 Å². The van der Waals surface area contributed by atoms with E-state index in [1.165, 1.54) is 7.11 Å². The fourth-order valence-corrected chi connectivity index (χ4v) is 1.84. The van der Waals surface area contributed by atoms with Crippen molar-refractivity contribution in [3.05, 3.63) is 65.7 Å². The van der Waals surface area contributed by atoms with Gasteiger partial charge >= 0.3 is 6.09 Å². The summed E-state index contributed by atoms with van der Waals surface area (Å²) < 4.78 is 5.25. The number of nitrogens with zero attached hydrogens (tertiary/aromatic N) is 1. The topological polar surface area (TPSA) is 38.8 Å². The van der Waals surface area contributed by atoms with Crippen LogP contribution in [0, 0.1) is 6.92 Å². The van der Waals surface area contributed by atoms with Crippen molar-refractivity contribution in [1.82, 2.24) is 0 Å². The summed E-state index contributed by atoms with van der Waals surface area (Å²) in [6, 6.07) is 17.0. The maximum absolute atomic E-state index is 12.1. The van der Waals surface area contributed by atoms with Gasteiger partial charge in [0.25, 0.3) is 0 Å². The van der Waals surface area contributed by atoms with Crippen LogP contribution in [0.15, 0.2) is 54.6 Å². The first-order valence-corrected chi connectivity index (χ1v) is 6.33. The molecule has 0 aromatic heterocycles. The van der Waals surface area contributed by atoms with Crippen molar-refractivity contribution in [3.63, 3.8) is 0 Å². The highest BCUT2D eigenvalue weighted by molar-refractivity contribution is 5.86. The second-order valence-electron chi connectivity index (χ2n) is 4.30. The molecule has 2 rings (SSSR count). The number of rotatable bonds is 4. The Morgan fingerprint density at radius 1 is 1.05 bits per heavy atom. The van der Waals surface area contributed by atoms with Crippen molar-refractivity contribution in [2.75, 3.05) is 12.2 Å². The average molecular weight is 271 g/mol. The van der Waals surface area contributed by atoms with Gasteiger partial charge in [-0.1, -0.05) is 48.5 Å². The molecule has 0 saturated carbocycles. The lowest BCUT2D eigenvalue weighted by Crippen LogP contribution is -2.30. The first kappa shape index (κ1) is 14.1. The molecule has 0 radical (unpaired) electrons. The highest BCUT2D eigenvalue weighted by atomic mass is 16.7. The number of carbonyl (C=O) groups is 1. The SMILES string of the molecule is CON(C(=O)OCc1ccccc1)c1ccccc1C. The number of anilines is 1. The van der Waals surface area contributed by atoms with Crippen LogP contribution in [0.3, 0.4) is 0 Å². The molecular weight excluding hydrogens is 254 g/mol. The number of benzene rings is 2. The van der Waals surface area contributed by atoms with Crippen LogP contribution in [0.2, 0.25) is 0 Å². The summed E-state index contributed by atoms with van der Waals surface area (Å²) in [6.45, 7) is 2.12. The van der Waals surface area contributed by atoms with Gasteiger partial charge in [-0.2, -0.15) is 5.06 Å². The van der Waals surface area contributed by atoms with Gasteiger partial charge in [-0.05, 0) is 24.1 Å². The van der Waals surface area contributed by atoms with Crippen LogP contribution >= 0.6 is 0 Å². The Bertz CT molecular complexity index is 569. The highest BCUT2D eigenvalue weighted by Gasteiger charge is 2.18. The van der Waals surface area contributed by atoms with Gasteiger partial charge in [0.1, 0.15) is 6.61 Å². The summed E-state index contributed by atoms with van der Waals surface area (Å²) in [5.74, 6) is 0. The summed E-state index contributed by atoms with van der Waals surface area (Å²) in [6.07, 6.45) is -0.536. The molecule has 4 nitrogen and oxygen atoms in total. The van der Waals surface area contributed by atoms with Gasteiger partial charge in [0.05, 0.1) is 12.8 Å². The van der Waals surface area contributed by atoms with E-state index in [2.05, 4.69) is 0 Å². The number of hydrogen-bond donors (Lipinski definition) is 0. The summed E-state index contributed by atoms with van der Waals surface area (Å²) in [7, 11) is 1.44. The third-order valence-corrected chi connectivity index (χ3v) is 2.89. The fourth-order valence-electron chi connectivity index (χ4n) is 1.84. The summed E-state index contributed by atoms with van der Waals surface area (Å²) in [5, 5.41) is 1.15. The fraction of sp³-hybridized carbons (Fsp3) is 0.188. The van der Waals surface area contributed by atoms with Crippen LogP contribution in [-0.4, -0.2) is 13.2 Å². The number of hydrogen-bond acceptors (Lipinski definition) is 3. The normalized spacial score (nSPS) is 10.1. The number of para-hydroxylation sites is 1. The van der Waals surface area contributed by atoms with Crippen LogP contribution in [0.5, 0.6) is 0 Å². The van der Waals surface area contributed by atoms with Crippen molar-refractivity contribution in [2.45, 2.75) is 13.5 Å². The van der Waals surface area contributed by atoms with Gasteiger partial charge in [0, 0.05) is 0 Å². The molecule has 20 heavy (non-hydrogen) atoms. The van der Waals surface area contributed by atoms with Gasteiger partial charge in [-0.3, -0.25) is 4.84 Å². The Kier molecular flexibility index (Phi) is 4.74. The minimum atomic E-state index is -0.536. The zero-order chi connectivity index (χ0) is 14.4. The van der Waals surface area contributed by atoms with Crippen molar-refractivity contribution >= 4 is 11.8 Å². The van der Waals surface area contributed by atoms with Gasteiger partial charge in [-0.15, -0.1) is 0 Å². The molecule has 2 aromatic rings. The first-order chi connectivity index (χ1) is 9.72. The minimum absolute atomic E-state index is 0.214. The van der Waals surface area contributed by atoms with Crippen molar-refractivity contribution in [2.24, 2.45) is 0 Å². The standard InChI is InChI=1S/C16H17NO3/c1-13-8-6-7-11-15(13)17(19-2)16(18)20-12-14-9-4-3-5-10-14/h3-11H,12H2,1-2H3. The Morgan fingerprint density at radius 3 is 2.35 bits per heavy atom. The molecule has 0 aliphatic carbocycles. The summed E-state index contributed by atoms with van der Waals surface area (Å²) in [5.41, 5.74) is 2.54. The molecule has 0 saturated heterocycles.